The SMILES string of the molecule is CCCCCC#C[C@@]1(O)CC[C@@]2(C)[C@H](CC[C@@H]3[C@@H]2CC[C@]2(C)[C@@H](C(C)=O)CC[C@@H]32)C1. The molecule has 30 heavy (non-hydrogen) atoms. The third-order valence-electron chi connectivity index (χ3n) is 10.4. The first-order valence-electron chi connectivity index (χ1n) is 13.0. The van der Waals surface area contributed by atoms with E-state index in [1.54, 1.807) is 0 Å². The predicted octanol–water partition coefficient (Wildman–Crippen LogP) is 6.55. The Kier molecular flexibility index (Phi) is 6.17. The zero-order valence-corrected chi connectivity index (χ0v) is 19.9. The molecule has 2 heteroatoms. The molecule has 4 rings (SSSR count). The van der Waals surface area contributed by atoms with Gasteiger partial charge < -0.3 is 5.11 Å². The summed E-state index contributed by atoms with van der Waals surface area (Å²) in [4.78, 5) is 12.3. The van der Waals surface area contributed by atoms with Gasteiger partial charge in [0.15, 0.2) is 0 Å². The molecule has 4 aliphatic carbocycles. The molecule has 4 fully saturated rings. The van der Waals surface area contributed by atoms with E-state index in [2.05, 4.69) is 32.6 Å². The van der Waals surface area contributed by atoms with Crippen LogP contribution in [0.4, 0.5) is 0 Å². The van der Waals surface area contributed by atoms with Crippen molar-refractivity contribution < 1.29 is 9.90 Å². The Morgan fingerprint density at radius 1 is 0.967 bits per heavy atom. The van der Waals surface area contributed by atoms with E-state index in [0.29, 0.717) is 23.0 Å². The molecule has 4 aliphatic rings. The van der Waals surface area contributed by atoms with Crippen LogP contribution in [0.1, 0.15) is 111 Å². The Balaban J connectivity index is 1.47. The Morgan fingerprint density at radius 3 is 2.47 bits per heavy atom. The topological polar surface area (TPSA) is 37.3 Å². The van der Waals surface area contributed by atoms with Crippen LogP contribution in [0.5, 0.6) is 0 Å². The van der Waals surface area contributed by atoms with Crippen LogP contribution in [0, 0.1) is 52.3 Å². The minimum atomic E-state index is -0.751. The fourth-order valence-electron chi connectivity index (χ4n) is 8.72. The van der Waals surface area contributed by atoms with Crippen molar-refractivity contribution in [2.75, 3.05) is 0 Å². The van der Waals surface area contributed by atoms with Crippen molar-refractivity contribution in [2.45, 2.75) is 117 Å². The second-order valence-corrected chi connectivity index (χ2v) is 11.9. The van der Waals surface area contributed by atoms with E-state index >= 15 is 0 Å². The molecule has 4 saturated carbocycles. The smallest absolute Gasteiger partial charge is 0.133 e. The molecule has 0 spiro atoms. The lowest BCUT2D eigenvalue weighted by Crippen LogP contribution is -2.56. The van der Waals surface area contributed by atoms with E-state index in [0.717, 1.165) is 56.3 Å². The maximum Gasteiger partial charge on any atom is 0.133 e. The summed E-state index contributed by atoms with van der Waals surface area (Å²) in [5.74, 6) is 10.3. The molecule has 168 valence electrons. The van der Waals surface area contributed by atoms with E-state index in [-0.39, 0.29) is 5.41 Å². The fourth-order valence-corrected chi connectivity index (χ4v) is 8.72. The summed E-state index contributed by atoms with van der Waals surface area (Å²) in [7, 11) is 0. The van der Waals surface area contributed by atoms with Gasteiger partial charge in [0, 0.05) is 12.3 Å². The van der Waals surface area contributed by atoms with Crippen molar-refractivity contribution in [2.24, 2.45) is 40.4 Å². The molecule has 0 aromatic carbocycles. The molecular formula is C28H44O2. The van der Waals surface area contributed by atoms with Gasteiger partial charge in [-0.15, -0.1) is 5.92 Å². The Bertz CT molecular complexity index is 716. The van der Waals surface area contributed by atoms with Gasteiger partial charge in [-0.1, -0.05) is 39.5 Å². The van der Waals surface area contributed by atoms with Gasteiger partial charge in [-0.25, -0.2) is 0 Å². The van der Waals surface area contributed by atoms with Gasteiger partial charge in [-0.2, -0.15) is 0 Å². The number of rotatable bonds is 4. The largest absolute Gasteiger partial charge is 0.378 e. The minimum Gasteiger partial charge on any atom is -0.378 e. The highest BCUT2D eigenvalue weighted by atomic mass is 16.3. The van der Waals surface area contributed by atoms with Crippen LogP contribution in [-0.4, -0.2) is 16.5 Å². The number of hydrogen-bond acceptors (Lipinski definition) is 2. The van der Waals surface area contributed by atoms with Crippen molar-refractivity contribution >= 4 is 5.78 Å². The molecule has 0 unspecified atom stereocenters. The first kappa shape index (κ1) is 22.4. The summed E-state index contributed by atoms with van der Waals surface area (Å²) in [5.41, 5.74) is -0.149. The van der Waals surface area contributed by atoms with Crippen LogP contribution in [0.2, 0.25) is 0 Å². The van der Waals surface area contributed by atoms with Crippen LogP contribution in [0.3, 0.4) is 0 Å². The van der Waals surface area contributed by atoms with Gasteiger partial charge in [0.2, 0.25) is 0 Å². The summed E-state index contributed by atoms with van der Waals surface area (Å²) >= 11 is 0. The van der Waals surface area contributed by atoms with E-state index in [1.165, 1.54) is 44.9 Å². The van der Waals surface area contributed by atoms with Gasteiger partial charge >= 0.3 is 0 Å². The molecule has 2 nitrogen and oxygen atoms in total. The van der Waals surface area contributed by atoms with Crippen LogP contribution in [0.25, 0.3) is 0 Å². The number of ketones is 1. The molecular weight excluding hydrogens is 368 g/mol. The number of aliphatic hydroxyl groups is 1. The summed E-state index contributed by atoms with van der Waals surface area (Å²) < 4.78 is 0. The number of carbonyl (C=O) groups is 1. The maximum absolute atomic E-state index is 12.3. The molecule has 0 aromatic rings. The monoisotopic (exact) mass is 412 g/mol. The van der Waals surface area contributed by atoms with E-state index < -0.39 is 5.60 Å². The minimum absolute atomic E-state index is 0.246. The predicted molar refractivity (Wildman–Crippen MR) is 123 cm³/mol. The van der Waals surface area contributed by atoms with Crippen LogP contribution in [-0.2, 0) is 4.79 Å². The third kappa shape index (κ3) is 3.68. The van der Waals surface area contributed by atoms with Crippen LogP contribution >= 0.6 is 0 Å². The highest BCUT2D eigenvalue weighted by Gasteiger charge is 2.61. The third-order valence-corrected chi connectivity index (χ3v) is 10.4. The lowest BCUT2D eigenvalue weighted by Gasteiger charge is -2.61. The van der Waals surface area contributed by atoms with Crippen molar-refractivity contribution in [1.82, 2.24) is 0 Å². The summed E-state index contributed by atoms with van der Waals surface area (Å²) in [6.45, 7) is 9.03. The molecule has 8 atom stereocenters. The average molecular weight is 413 g/mol. The van der Waals surface area contributed by atoms with Crippen molar-refractivity contribution in [3.05, 3.63) is 0 Å². The Labute approximate surface area is 185 Å². The molecule has 0 aliphatic heterocycles. The van der Waals surface area contributed by atoms with Gasteiger partial charge in [0.25, 0.3) is 0 Å². The standard InChI is InChI=1S/C28H44O2/c1-5-6-7-8-9-15-28(30)18-17-26(3)21(19-28)10-11-22-24-13-12-23(20(2)29)27(24,4)16-14-25(22)26/h21-25,30H,5-8,10-14,16-19H2,1-4H3/t21-,22+,23-,24+,25+,26+,27-,28-/m1/s1. The molecule has 0 aromatic heterocycles. The van der Waals surface area contributed by atoms with Crippen molar-refractivity contribution in [3.63, 3.8) is 0 Å². The second kappa shape index (κ2) is 8.27. The lowest BCUT2D eigenvalue weighted by atomic mass is 9.44. The average Bonchev–Trinajstić information content (AvgIpc) is 3.06. The Hall–Kier alpha value is -0.810. The zero-order valence-electron chi connectivity index (χ0n) is 19.9. The first-order chi connectivity index (χ1) is 14.2. The van der Waals surface area contributed by atoms with Crippen LogP contribution in [0.15, 0.2) is 0 Å². The van der Waals surface area contributed by atoms with Crippen molar-refractivity contribution in [1.29, 1.82) is 0 Å². The fraction of sp³-hybridized carbons (Fsp3) is 0.893. The molecule has 1 N–H and O–H groups in total. The Morgan fingerprint density at radius 2 is 1.73 bits per heavy atom. The normalized spacial score (nSPS) is 47.4. The van der Waals surface area contributed by atoms with E-state index in [9.17, 15) is 9.90 Å². The van der Waals surface area contributed by atoms with Gasteiger partial charge in [-0.3, -0.25) is 4.79 Å². The number of Topliss-reactive ketones (excluding diaryl/α,β-unsaturated/α-hetero) is 1. The highest BCUT2D eigenvalue weighted by Crippen LogP contribution is 2.68. The summed E-state index contributed by atoms with van der Waals surface area (Å²) in [6.07, 6.45) is 14.8. The first-order valence-corrected chi connectivity index (χ1v) is 13.0. The zero-order chi connectivity index (χ0) is 21.6. The van der Waals surface area contributed by atoms with Crippen molar-refractivity contribution in [3.8, 4) is 11.8 Å². The summed E-state index contributed by atoms with van der Waals surface area (Å²) in [5, 5.41) is 11.3. The molecule has 0 radical (unpaired) electrons. The lowest BCUT2D eigenvalue weighted by molar-refractivity contribution is -0.144. The maximum atomic E-state index is 12.3. The van der Waals surface area contributed by atoms with Crippen LogP contribution < -0.4 is 0 Å². The van der Waals surface area contributed by atoms with Gasteiger partial charge in [-0.05, 0) is 106 Å². The molecule has 0 heterocycles. The highest BCUT2D eigenvalue weighted by molar-refractivity contribution is 5.79. The van der Waals surface area contributed by atoms with E-state index in [1.807, 2.05) is 6.92 Å². The number of hydrogen-bond donors (Lipinski definition) is 1. The molecule has 0 bridgehead atoms. The van der Waals surface area contributed by atoms with Gasteiger partial charge in [0.05, 0.1) is 0 Å². The molecule has 0 amide bonds. The number of unbranched alkanes of at least 4 members (excludes halogenated alkanes) is 3. The molecule has 0 saturated heterocycles. The van der Waals surface area contributed by atoms with E-state index in [4.69, 9.17) is 0 Å². The second-order valence-electron chi connectivity index (χ2n) is 11.9. The summed E-state index contributed by atoms with van der Waals surface area (Å²) in [6, 6.07) is 0. The number of carbonyl (C=O) groups excluding carboxylic acids is 1. The van der Waals surface area contributed by atoms with Gasteiger partial charge in [0.1, 0.15) is 11.4 Å². The number of fused-ring (bicyclic) bond motifs is 5. The quantitative estimate of drug-likeness (QED) is 0.420.